The Bertz CT molecular complexity index is 611. The van der Waals surface area contributed by atoms with E-state index >= 15 is 0 Å². The summed E-state index contributed by atoms with van der Waals surface area (Å²) in [6.07, 6.45) is 1.59. The highest BCUT2D eigenvalue weighted by Gasteiger charge is 2.09. The molecule has 0 aliphatic heterocycles. The molecule has 1 heterocycles. The normalized spacial score (nSPS) is 10.3. The summed E-state index contributed by atoms with van der Waals surface area (Å²) in [5, 5.41) is 9.71. The molecule has 0 saturated heterocycles. The molecular weight excluding hydrogens is 278 g/mol. The van der Waals surface area contributed by atoms with Crippen molar-refractivity contribution < 1.29 is 14.6 Å². The van der Waals surface area contributed by atoms with E-state index in [0.29, 0.717) is 22.9 Å². The summed E-state index contributed by atoms with van der Waals surface area (Å²) in [6, 6.07) is 9.79. The van der Waals surface area contributed by atoms with Crippen molar-refractivity contribution in [3.05, 3.63) is 52.7 Å². The van der Waals surface area contributed by atoms with Gasteiger partial charge in [0, 0.05) is 16.8 Å². The van der Waals surface area contributed by atoms with Crippen molar-refractivity contribution in [3.63, 3.8) is 0 Å². The molecule has 0 fully saturated rings. The molecule has 0 atom stereocenters. The van der Waals surface area contributed by atoms with Crippen LogP contribution in [0.1, 0.15) is 29.4 Å². The number of aryl methyl sites for hydroxylation is 1. The molecule has 0 bridgehead atoms. The zero-order valence-electron chi connectivity index (χ0n) is 11.0. The van der Waals surface area contributed by atoms with Gasteiger partial charge in [0.2, 0.25) is 5.88 Å². The van der Waals surface area contributed by atoms with E-state index in [1.807, 2.05) is 6.92 Å². The number of carboxylic acid groups (broad SMARTS) is 1. The maximum Gasteiger partial charge on any atom is 0.335 e. The molecule has 0 unspecified atom stereocenters. The van der Waals surface area contributed by atoms with Gasteiger partial charge in [-0.05, 0) is 36.8 Å². The molecule has 0 radical (unpaired) electrons. The lowest BCUT2D eigenvalue weighted by Gasteiger charge is -2.08. The number of benzene rings is 1. The van der Waals surface area contributed by atoms with E-state index in [9.17, 15) is 4.79 Å². The number of hydrogen-bond acceptors (Lipinski definition) is 3. The van der Waals surface area contributed by atoms with Crippen molar-refractivity contribution >= 4 is 17.6 Å². The van der Waals surface area contributed by atoms with Crippen molar-refractivity contribution in [1.82, 2.24) is 4.98 Å². The summed E-state index contributed by atoms with van der Waals surface area (Å²) in [6.45, 7) is 2.01. The summed E-state index contributed by atoms with van der Waals surface area (Å²) in [5.41, 5.74) is 0.878. The highest BCUT2D eigenvalue weighted by Crippen LogP contribution is 2.23. The number of aromatic carboxylic acids is 1. The summed E-state index contributed by atoms with van der Waals surface area (Å²) in [7, 11) is 0. The van der Waals surface area contributed by atoms with Crippen LogP contribution in [-0.2, 0) is 6.42 Å². The molecule has 0 spiro atoms. The molecule has 0 aliphatic carbocycles. The number of carboxylic acids is 1. The smallest absolute Gasteiger partial charge is 0.335 e. The Balaban J connectivity index is 2.29. The molecular formula is C15H14ClNO3. The number of halogens is 1. The van der Waals surface area contributed by atoms with Crippen LogP contribution in [0.5, 0.6) is 11.6 Å². The molecule has 0 amide bonds. The topological polar surface area (TPSA) is 59.4 Å². The fourth-order valence-corrected chi connectivity index (χ4v) is 1.87. The van der Waals surface area contributed by atoms with Gasteiger partial charge in [0.1, 0.15) is 5.75 Å². The lowest BCUT2D eigenvalue weighted by molar-refractivity contribution is 0.0696. The van der Waals surface area contributed by atoms with E-state index < -0.39 is 5.97 Å². The number of aromatic nitrogens is 1. The molecule has 20 heavy (non-hydrogen) atoms. The number of ether oxygens (including phenoxy) is 1. The van der Waals surface area contributed by atoms with E-state index in [1.54, 1.807) is 30.3 Å². The number of carbonyl (C=O) groups is 1. The third-order valence-electron chi connectivity index (χ3n) is 2.64. The molecule has 0 saturated carbocycles. The van der Waals surface area contributed by atoms with Gasteiger partial charge < -0.3 is 9.84 Å². The summed E-state index contributed by atoms with van der Waals surface area (Å²) < 4.78 is 5.58. The van der Waals surface area contributed by atoms with Crippen molar-refractivity contribution in [2.75, 3.05) is 0 Å². The third kappa shape index (κ3) is 3.71. The predicted molar refractivity (Wildman–Crippen MR) is 76.7 cm³/mol. The molecule has 5 heteroatoms. The first-order chi connectivity index (χ1) is 9.58. The first-order valence-electron chi connectivity index (χ1n) is 6.26. The lowest BCUT2D eigenvalue weighted by atomic mass is 10.1. The fraction of sp³-hybridized carbons (Fsp3) is 0.200. The van der Waals surface area contributed by atoms with Crippen LogP contribution in [0.2, 0.25) is 5.02 Å². The van der Waals surface area contributed by atoms with Gasteiger partial charge in [-0.25, -0.2) is 9.78 Å². The highest BCUT2D eigenvalue weighted by molar-refractivity contribution is 6.30. The Morgan fingerprint density at radius 3 is 2.60 bits per heavy atom. The van der Waals surface area contributed by atoms with Crippen LogP contribution in [0, 0.1) is 0 Å². The molecule has 2 rings (SSSR count). The minimum Gasteiger partial charge on any atom is -0.478 e. The van der Waals surface area contributed by atoms with E-state index in [4.69, 9.17) is 21.4 Å². The minimum atomic E-state index is -0.995. The van der Waals surface area contributed by atoms with Crippen LogP contribution in [0.4, 0.5) is 0 Å². The monoisotopic (exact) mass is 291 g/mol. The number of rotatable bonds is 5. The molecule has 1 N–H and O–H groups in total. The maximum absolute atomic E-state index is 11.1. The zero-order valence-corrected chi connectivity index (χ0v) is 11.7. The van der Waals surface area contributed by atoms with Crippen LogP contribution >= 0.6 is 11.6 Å². The summed E-state index contributed by atoms with van der Waals surface area (Å²) in [4.78, 5) is 15.4. The lowest BCUT2D eigenvalue weighted by Crippen LogP contribution is -2.02. The van der Waals surface area contributed by atoms with E-state index in [0.717, 1.165) is 6.42 Å². The van der Waals surface area contributed by atoms with Crippen LogP contribution in [0.3, 0.4) is 0 Å². The van der Waals surface area contributed by atoms with Crippen LogP contribution in [-0.4, -0.2) is 16.1 Å². The van der Waals surface area contributed by atoms with Crippen LogP contribution in [0.25, 0.3) is 0 Å². The average Bonchev–Trinajstić information content (AvgIpc) is 2.41. The van der Waals surface area contributed by atoms with Gasteiger partial charge in [-0.15, -0.1) is 0 Å². The average molecular weight is 292 g/mol. The molecule has 2 aromatic rings. The molecule has 104 valence electrons. The Morgan fingerprint density at radius 2 is 2.00 bits per heavy atom. The molecule has 0 aliphatic rings. The van der Waals surface area contributed by atoms with Crippen molar-refractivity contribution in [2.24, 2.45) is 0 Å². The molecule has 4 nitrogen and oxygen atoms in total. The second-order valence-corrected chi connectivity index (χ2v) is 4.73. The van der Waals surface area contributed by atoms with Crippen LogP contribution < -0.4 is 4.74 Å². The van der Waals surface area contributed by atoms with Gasteiger partial charge in [0.25, 0.3) is 0 Å². The second-order valence-electron chi connectivity index (χ2n) is 4.30. The Labute approximate surface area is 122 Å². The second kappa shape index (κ2) is 6.39. The quantitative estimate of drug-likeness (QED) is 0.898. The Kier molecular flexibility index (Phi) is 4.58. The van der Waals surface area contributed by atoms with Gasteiger partial charge in [0.15, 0.2) is 0 Å². The van der Waals surface area contributed by atoms with E-state index in [2.05, 4.69) is 4.98 Å². The molecule has 1 aromatic heterocycles. The number of nitrogens with zero attached hydrogens (tertiary/aromatic N) is 1. The Hall–Kier alpha value is -2.07. The SMILES string of the molecule is CCCc1cc(C(=O)O)cc(Oc2ccc(Cl)cc2)n1. The van der Waals surface area contributed by atoms with Crippen molar-refractivity contribution in [3.8, 4) is 11.6 Å². The number of pyridine rings is 1. The van der Waals surface area contributed by atoms with Gasteiger partial charge in [-0.2, -0.15) is 0 Å². The molecule has 1 aromatic carbocycles. The van der Waals surface area contributed by atoms with Crippen molar-refractivity contribution in [2.45, 2.75) is 19.8 Å². The van der Waals surface area contributed by atoms with Gasteiger partial charge in [0.05, 0.1) is 5.56 Å². The van der Waals surface area contributed by atoms with Crippen LogP contribution in [0.15, 0.2) is 36.4 Å². The number of hydrogen-bond donors (Lipinski definition) is 1. The fourth-order valence-electron chi connectivity index (χ4n) is 1.74. The largest absolute Gasteiger partial charge is 0.478 e. The third-order valence-corrected chi connectivity index (χ3v) is 2.90. The first-order valence-corrected chi connectivity index (χ1v) is 6.64. The maximum atomic E-state index is 11.1. The van der Waals surface area contributed by atoms with Gasteiger partial charge in [-0.1, -0.05) is 24.9 Å². The minimum absolute atomic E-state index is 0.174. The summed E-state index contributed by atoms with van der Waals surface area (Å²) in [5.74, 6) is -0.159. The van der Waals surface area contributed by atoms with E-state index in [-0.39, 0.29) is 11.4 Å². The predicted octanol–water partition coefficient (Wildman–Crippen LogP) is 4.18. The standard InChI is InChI=1S/C15H14ClNO3/c1-2-3-12-8-10(15(18)19)9-14(17-12)20-13-6-4-11(16)5-7-13/h4-9H,2-3H2,1H3,(H,18,19). The summed E-state index contributed by atoms with van der Waals surface area (Å²) >= 11 is 5.80. The van der Waals surface area contributed by atoms with E-state index in [1.165, 1.54) is 6.07 Å². The Morgan fingerprint density at radius 1 is 1.30 bits per heavy atom. The van der Waals surface area contributed by atoms with Gasteiger partial charge in [-0.3, -0.25) is 0 Å². The first kappa shape index (κ1) is 14.3. The van der Waals surface area contributed by atoms with Crippen molar-refractivity contribution in [1.29, 1.82) is 0 Å². The highest BCUT2D eigenvalue weighted by atomic mass is 35.5. The van der Waals surface area contributed by atoms with Gasteiger partial charge >= 0.3 is 5.97 Å². The zero-order chi connectivity index (χ0) is 14.5.